The summed E-state index contributed by atoms with van der Waals surface area (Å²) in [4.78, 5) is 26.8. The monoisotopic (exact) mass is 544 g/mol. The highest BCUT2D eigenvalue weighted by atomic mass is 32.2. The Kier molecular flexibility index (Phi) is 9.09. The Bertz CT molecular complexity index is 1240. The Hall–Kier alpha value is -3.05. The zero-order chi connectivity index (χ0) is 26.4. The summed E-state index contributed by atoms with van der Waals surface area (Å²) in [5.41, 5.74) is 1.54. The van der Waals surface area contributed by atoms with Gasteiger partial charge in [0.25, 0.3) is 0 Å². The van der Waals surface area contributed by atoms with Crippen LogP contribution in [0.15, 0.2) is 29.4 Å². The summed E-state index contributed by atoms with van der Waals surface area (Å²) < 4.78 is 18.2. The first-order chi connectivity index (χ1) is 17.9. The standard InChI is InChI=1S/C26H32N4O5S2/c1-5-30-21(14-35-18-10-8-17(33-4)9-11-18)28-29-26(30)36-15-22(31)27-24-23(25(32)34-6-2)19-12-7-16(3)13-20(19)37-24/h8-11,16H,5-7,12-15H2,1-4H3,(H,27,31). The predicted octanol–water partition coefficient (Wildman–Crippen LogP) is 4.98. The molecule has 1 aliphatic rings. The number of carbonyl (C=O) groups excluding carboxylic acids is 2. The van der Waals surface area contributed by atoms with Gasteiger partial charge in [0.15, 0.2) is 11.0 Å². The average Bonchev–Trinajstić information content (AvgIpc) is 3.46. The van der Waals surface area contributed by atoms with E-state index in [2.05, 4.69) is 22.4 Å². The van der Waals surface area contributed by atoms with Gasteiger partial charge < -0.3 is 24.1 Å². The smallest absolute Gasteiger partial charge is 0.341 e. The Morgan fingerprint density at radius 3 is 2.65 bits per heavy atom. The van der Waals surface area contributed by atoms with Crippen molar-refractivity contribution in [3.63, 3.8) is 0 Å². The van der Waals surface area contributed by atoms with Crippen molar-refractivity contribution in [2.45, 2.75) is 58.3 Å². The van der Waals surface area contributed by atoms with Crippen molar-refractivity contribution < 1.29 is 23.8 Å². The van der Waals surface area contributed by atoms with E-state index >= 15 is 0 Å². The highest BCUT2D eigenvalue weighted by molar-refractivity contribution is 7.99. The van der Waals surface area contributed by atoms with Gasteiger partial charge in [0, 0.05) is 11.4 Å². The summed E-state index contributed by atoms with van der Waals surface area (Å²) in [6.45, 7) is 7.17. The number of hydrogen-bond acceptors (Lipinski definition) is 9. The van der Waals surface area contributed by atoms with Gasteiger partial charge >= 0.3 is 5.97 Å². The molecule has 0 fully saturated rings. The molecule has 9 nitrogen and oxygen atoms in total. The maximum Gasteiger partial charge on any atom is 0.341 e. The minimum atomic E-state index is -0.371. The van der Waals surface area contributed by atoms with E-state index < -0.39 is 0 Å². The lowest BCUT2D eigenvalue weighted by atomic mass is 9.88. The number of nitrogens with zero attached hydrogens (tertiary/aromatic N) is 3. The molecule has 1 aromatic carbocycles. The molecule has 1 aliphatic carbocycles. The molecule has 11 heteroatoms. The number of anilines is 1. The highest BCUT2D eigenvalue weighted by Gasteiger charge is 2.29. The van der Waals surface area contributed by atoms with Crippen LogP contribution in [-0.4, -0.2) is 46.1 Å². The van der Waals surface area contributed by atoms with Crippen molar-refractivity contribution in [3.05, 3.63) is 46.1 Å². The Morgan fingerprint density at radius 1 is 1.19 bits per heavy atom. The molecule has 0 aliphatic heterocycles. The van der Waals surface area contributed by atoms with Crippen molar-refractivity contribution in [1.29, 1.82) is 0 Å². The topological polar surface area (TPSA) is 105 Å². The molecular weight excluding hydrogens is 512 g/mol. The first-order valence-electron chi connectivity index (χ1n) is 12.4. The number of aromatic nitrogens is 3. The second-order valence-corrected chi connectivity index (χ2v) is 10.8. The van der Waals surface area contributed by atoms with Gasteiger partial charge in [-0.1, -0.05) is 18.7 Å². The zero-order valence-electron chi connectivity index (χ0n) is 21.5. The van der Waals surface area contributed by atoms with Crippen LogP contribution in [-0.2, 0) is 35.5 Å². The second-order valence-electron chi connectivity index (χ2n) is 8.72. The van der Waals surface area contributed by atoms with Crippen molar-refractivity contribution in [3.8, 4) is 11.5 Å². The quantitative estimate of drug-likeness (QED) is 0.266. The number of ether oxygens (including phenoxy) is 3. The number of esters is 1. The minimum absolute atomic E-state index is 0.138. The van der Waals surface area contributed by atoms with E-state index in [0.29, 0.717) is 46.4 Å². The number of benzene rings is 1. The number of methoxy groups -OCH3 is 1. The molecule has 2 heterocycles. The molecule has 198 valence electrons. The highest BCUT2D eigenvalue weighted by Crippen LogP contribution is 2.40. The van der Waals surface area contributed by atoms with Crippen LogP contribution in [0.1, 0.15) is 53.8 Å². The summed E-state index contributed by atoms with van der Waals surface area (Å²) in [6, 6.07) is 7.33. The maximum absolute atomic E-state index is 12.9. The number of thioether (sulfide) groups is 1. The van der Waals surface area contributed by atoms with Crippen LogP contribution in [0, 0.1) is 5.92 Å². The number of thiophene rings is 1. The number of fused-ring (bicyclic) bond motifs is 1. The third kappa shape index (κ3) is 6.45. The lowest BCUT2D eigenvalue weighted by molar-refractivity contribution is -0.113. The summed E-state index contributed by atoms with van der Waals surface area (Å²) in [6.07, 6.45) is 2.77. The van der Waals surface area contributed by atoms with Crippen LogP contribution in [0.4, 0.5) is 5.00 Å². The fraction of sp³-hybridized carbons (Fsp3) is 0.462. The second kappa shape index (κ2) is 12.5. The van der Waals surface area contributed by atoms with Gasteiger partial charge in [-0.05, 0) is 68.9 Å². The fourth-order valence-electron chi connectivity index (χ4n) is 4.22. The maximum atomic E-state index is 12.9. The van der Waals surface area contributed by atoms with Crippen molar-refractivity contribution in [2.24, 2.45) is 5.92 Å². The average molecular weight is 545 g/mol. The lowest BCUT2D eigenvalue weighted by Crippen LogP contribution is -2.18. The molecular formula is C26H32N4O5S2. The van der Waals surface area contributed by atoms with Crippen LogP contribution in [0.3, 0.4) is 0 Å². The molecule has 1 atom stereocenters. The predicted molar refractivity (Wildman–Crippen MR) is 144 cm³/mol. The van der Waals surface area contributed by atoms with Gasteiger partial charge in [0.05, 0.1) is 25.0 Å². The van der Waals surface area contributed by atoms with Crippen LogP contribution >= 0.6 is 23.1 Å². The molecule has 1 amide bonds. The van der Waals surface area contributed by atoms with E-state index in [-0.39, 0.29) is 24.2 Å². The number of rotatable bonds is 11. The van der Waals surface area contributed by atoms with E-state index in [0.717, 1.165) is 35.5 Å². The van der Waals surface area contributed by atoms with Gasteiger partial charge in [-0.25, -0.2) is 4.79 Å². The normalized spacial score (nSPS) is 14.6. The van der Waals surface area contributed by atoms with Crippen LogP contribution in [0.5, 0.6) is 11.5 Å². The lowest BCUT2D eigenvalue weighted by Gasteiger charge is -2.18. The Morgan fingerprint density at radius 2 is 1.95 bits per heavy atom. The van der Waals surface area contributed by atoms with E-state index in [4.69, 9.17) is 14.2 Å². The van der Waals surface area contributed by atoms with E-state index in [1.807, 2.05) is 35.8 Å². The number of carbonyl (C=O) groups is 2. The molecule has 1 N–H and O–H groups in total. The third-order valence-electron chi connectivity index (χ3n) is 6.11. The molecule has 0 spiro atoms. The first-order valence-corrected chi connectivity index (χ1v) is 14.2. The summed E-state index contributed by atoms with van der Waals surface area (Å²) in [7, 11) is 1.62. The molecule has 0 saturated carbocycles. The fourth-order valence-corrected chi connectivity index (χ4v) is 6.46. The summed E-state index contributed by atoms with van der Waals surface area (Å²) in [5.74, 6) is 2.25. The molecule has 4 rings (SSSR count). The van der Waals surface area contributed by atoms with Gasteiger partial charge in [-0.2, -0.15) is 0 Å². The van der Waals surface area contributed by atoms with Gasteiger partial charge in [-0.15, -0.1) is 21.5 Å². The third-order valence-corrected chi connectivity index (χ3v) is 8.25. The van der Waals surface area contributed by atoms with Crippen molar-refractivity contribution in [2.75, 3.05) is 24.8 Å². The number of hydrogen-bond donors (Lipinski definition) is 1. The molecule has 1 unspecified atom stereocenters. The van der Waals surface area contributed by atoms with Crippen LogP contribution in [0.25, 0.3) is 0 Å². The van der Waals surface area contributed by atoms with E-state index in [1.54, 1.807) is 14.0 Å². The van der Waals surface area contributed by atoms with Gasteiger partial charge in [0.1, 0.15) is 23.1 Å². The number of nitrogens with one attached hydrogen (secondary N) is 1. The van der Waals surface area contributed by atoms with Crippen molar-refractivity contribution in [1.82, 2.24) is 14.8 Å². The Balaban J connectivity index is 1.40. The summed E-state index contributed by atoms with van der Waals surface area (Å²) in [5, 5.41) is 12.7. The van der Waals surface area contributed by atoms with E-state index in [9.17, 15) is 9.59 Å². The van der Waals surface area contributed by atoms with Crippen LogP contribution < -0.4 is 14.8 Å². The largest absolute Gasteiger partial charge is 0.497 e. The molecule has 0 saturated heterocycles. The minimum Gasteiger partial charge on any atom is -0.497 e. The van der Waals surface area contributed by atoms with Crippen LogP contribution in [0.2, 0.25) is 0 Å². The SMILES string of the molecule is CCOC(=O)c1c(NC(=O)CSc2nnc(COc3ccc(OC)cc3)n2CC)sc2c1CCC(C)C2. The molecule has 2 aromatic heterocycles. The number of amides is 1. The zero-order valence-corrected chi connectivity index (χ0v) is 23.2. The molecule has 37 heavy (non-hydrogen) atoms. The van der Waals surface area contributed by atoms with Gasteiger partial charge in [-0.3, -0.25) is 4.79 Å². The first kappa shape index (κ1) is 27.0. The Labute approximate surface area is 224 Å². The summed E-state index contributed by atoms with van der Waals surface area (Å²) >= 11 is 2.79. The van der Waals surface area contributed by atoms with Crippen molar-refractivity contribution >= 4 is 40.0 Å². The van der Waals surface area contributed by atoms with Gasteiger partial charge in [0.2, 0.25) is 5.91 Å². The van der Waals surface area contributed by atoms with E-state index in [1.165, 1.54) is 23.1 Å². The molecule has 3 aromatic rings. The molecule has 0 radical (unpaired) electrons. The molecule has 0 bridgehead atoms.